The van der Waals surface area contributed by atoms with E-state index in [2.05, 4.69) is 25.4 Å². The summed E-state index contributed by atoms with van der Waals surface area (Å²) in [5.41, 5.74) is 0. The molecular formula is C15H20F2N6OS. The van der Waals surface area contributed by atoms with Crippen molar-refractivity contribution in [2.24, 2.45) is 7.05 Å². The highest BCUT2D eigenvalue weighted by molar-refractivity contribution is 7.98. The summed E-state index contributed by atoms with van der Waals surface area (Å²) in [6, 6.07) is 1.66. The second kappa shape index (κ2) is 7.51. The van der Waals surface area contributed by atoms with E-state index in [1.54, 1.807) is 24.1 Å². The normalized spacial score (nSPS) is 17.4. The molecule has 2 heterocycles. The molecule has 2 aromatic rings. The van der Waals surface area contributed by atoms with Crippen LogP contribution in [0.1, 0.15) is 31.5 Å². The maximum atomic E-state index is 13.3. The first kappa shape index (κ1) is 17.8. The van der Waals surface area contributed by atoms with Gasteiger partial charge >= 0.3 is 0 Å². The fraction of sp³-hybridized carbons (Fsp3) is 0.600. The Labute approximate surface area is 148 Å². The monoisotopic (exact) mass is 370 g/mol. The highest BCUT2D eigenvalue weighted by Crippen LogP contribution is 2.34. The summed E-state index contributed by atoms with van der Waals surface area (Å²) in [5, 5.41) is 7.92. The Morgan fingerprint density at radius 3 is 2.76 bits per heavy atom. The van der Waals surface area contributed by atoms with Crippen LogP contribution in [0.15, 0.2) is 17.6 Å². The van der Waals surface area contributed by atoms with E-state index in [-0.39, 0.29) is 25.5 Å². The van der Waals surface area contributed by atoms with Crippen molar-refractivity contribution in [1.82, 2.24) is 24.7 Å². The summed E-state index contributed by atoms with van der Waals surface area (Å²) in [6.07, 6.45) is 4.10. The number of ether oxygens (including phenoxy) is 1. The molecule has 1 saturated carbocycles. The predicted molar refractivity (Wildman–Crippen MR) is 90.0 cm³/mol. The van der Waals surface area contributed by atoms with Gasteiger partial charge in [-0.15, -0.1) is 0 Å². The molecule has 1 aliphatic rings. The number of nitrogens with one attached hydrogen (secondary N) is 1. The van der Waals surface area contributed by atoms with Crippen LogP contribution >= 0.6 is 11.8 Å². The van der Waals surface area contributed by atoms with Gasteiger partial charge in [0.2, 0.25) is 11.8 Å². The summed E-state index contributed by atoms with van der Waals surface area (Å²) in [4.78, 5) is 12.8. The largest absolute Gasteiger partial charge is 0.469 e. The number of nitrogens with zero attached hydrogens (tertiary/aromatic N) is 5. The first-order chi connectivity index (χ1) is 11.9. The zero-order valence-corrected chi connectivity index (χ0v) is 14.9. The number of alkyl halides is 2. The molecule has 0 unspecified atom stereocenters. The van der Waals surface area contributed by atoms with Crippen LogP contribution in [-0.4, -0.2) is 43.0 Å². The highest BCUT2D eigenvalue weighted by atomic mass is 32.2. The molecule has 0 radical (unpaired) electrons. The standard InChI is InChI=1S/C15H20F2N6OS/c1-23-9-18-12(22-23)8-24-13-7-11(20-14(21-13)25-2)19-10-3-5-15(16,17)6-4-10/h7,9-10H,3-6,8H2,1-2H3,(H,19,20,21). The molecule has 0 spiro atoms. The molecule has 0 bridgehead atoms. The number of aromatic nitrogens is 5. The molecule has 2 aromatic heterocycles. The molecule has 0 aliphatic heterocycles. The Bertz CT molecular complexity index is 716. The predicted octanol–water partition coefficient (Wildman–Crippen LogP) is 2.90. The van der Waals surface area contributed by atoms with Gasteiger partial charge in [-0.2, -0.15) is 10.1 Å². The SMILES string of the molecule is CSc1nc(NC2CCC(F)(F)CC2)cc(OCc2ncn(C)n2)n1. The number of anilines is 1. The topological polar surface area (TPSA) is 77.8 Å². The van der Waals surface area contributed by atoms with Crippen LogP contribution in [-0.2, 0) is 13.7 Å². The van der Waals surface area contributed by atoms with Crippen LogP contribution in [0.5, 0.6) is 5.88 Å². The first-order valence-electron chi connectivity index (χ1n) is 7.98. The van der Waals surface area contributed by atoms with Crippen LogP contribution in [0.25, 0.3) is 0 Å². The average molecular weight is 370 g/mol. The molecule has 0 saturated heterocycles. The Hall–Kier alpha value is -1.97. The smallest absolute Gasteiger partial charge is 0.248 e. The zero-order chi connectivity index (χ0) is 17.9. The molecule has 25 heavy (non-hydrogen) atoms. The van der Waals surface area contributed by atoms with E-state index < -0.39 is 5.92 Å². The first-order valence-corrected chi connectivity index (χ1v) is 9.21. The van der Waals surface area contributed by atoms with Gasteiger partial charge in [-0.05, 0) is 19.1 Å². The van der Waals surface area contributed by atoms with Crippen molar-refractivity contribution in [2.45, 2.75) is 49.4 Å². The van der Waals surface area contributed by atoms with Gasteiger partial charge in [0.1, 0.15) is 12.1 Å². The summed E-state index contributed by atoms with van der Waals surface area (Å²) in [5.74, 6) is -1.01. The second-order valence-corrected chi connectivity index (χ2v) is 6.75. The molecule has 1 aliphatic carbocycles. The van der Waals surface area contributed by atoms with E-state index in [1.807, 2.05) is 6.26 Å². The van der Waals surface area contributed by atoms with Gasteiger partial charge in [-0.25, -0.2) is 18.7 Å². The van der Waals surface area contributed by atoms with Crippen LogP contribution < -0.4 is 10.1 Å². The van der Waals surface area contributed by atoms with Crippen LogP contribution in [0.2, 0.25) is 0 Å². The Morgan fingerprint density at radius 2 is 2.12 bits per heavy atom. The zero-order valence-electron chi connectivity index (χ0n) is 14.1. The van der Waals surface area contributed by atoms with Gasteiger partial charge < -0.3 is 10.1 Å². The van der Waals surface area contributed by atoms with E-state index in [0.717, 1.165) is 0 Å². The van der Waals surface area contributed by atoms with Gasteiger partial charge in [-0.1, -0.05) is 11.8 Å². The number of hydrogen-bond acceptors (Lipinski definition) is 7. The molecule has 0 aromatic carbocycles. The third kappa shape index (κ3) is 5.00. The third-order valence-corrected chi connectivity index (χ3v) is 4.48. The van der Waals surface area contributed by atoms with Crippen molar-refractivity contribution in [3.63, 3.8) is 0 Å². The molecule has 0 amide bonds. The lowest BCUT2D eigenvalue weighted by Gasteiger charge is -2.29. The second-order valence-electron chi connectivity index (χ2n) is 5.98. The minimum atomic E-state index is -2.54. The number of hydrogen-bond donors (Lipinski definition) is 1. The maximum Gasteiger partial charge on any atom is 0.248 e. The molecule has 0 atom stereocenters. The number of rotatable bonds is 6. The third-order valence-electron chi connectivity index (χ3n) is 3.93. The summed E-state index contributed by atoms with van der Waals surface area (Å²) < 4.78 is 33.8. The highest BCUT2D eigenvalue weighted by Gasteiger charge is 2.35. The van der Waals surface area contributed by atoms with Gasteiger partial charge in [0.25, 0.3) is 0 Å². The summed E-state index contributed by atoms with van der Waals surface area (Å²) >= 11 is 1.39. The lowest BCUT2D eigenvalue weighted by atomic mass is 9.92. The van der Waals surface area contributed by atoms with Crippen molar-refractivity contribution >= 4 is 17.6 Å². The van der Waals surface area contributed by atoms with Crippen LogP contribution in [0.4, 0.5) is 14.6 Å². The Morgan fingerprint density at radius 1 is 1.36 bits per heavy atom. The van der Waals surface area contributed by atoms with Gasteiger partial charge in [0.05, 0.1) is 0 Å². The van der Waals surface area contributed by atoms with E-state index in [1.165, 1.54) is 11.8 Å². The summed E-state index contributed by atoms with van der Waals surface area (Å²) in [6.45, 7) is 0.195. The van der Waals surface area contributed by atoms with Gasteiger partial charge in [0, 0.05) is 32.0 Å². The molecule has 3 rings (SSSR count). The van der Waals surface area contributed by atoms with Crippen LogP contribution in [0, 0.1) is 0 Å². The Kier molecular flexibility index (Phi) is 5.36. The summed E-state index contributed by atoms with van der Waals surface area (Å²) in [7, 11) is 1.78. The lowest BCUT2D eigenvalue weighted by molar-refractivity contribution is -0.0361. The van der Waals surface area contributed by atoms with E-state index in [9.17, 15) is 8.78 Å². The minimum Gasteiger partial charge on any atom is -0.469 e. The van der Waals surface area contributed by atoms with Crippen molar-refractivity contribution in [2.75, 3.05) is 11.6 Å². The fourth-order valence-corrected chi connectivity index (χ4v) is 3.00. The number of thioether (sulfide) groups is 1. The molecule has 136 valence electrons. The average Bonchev–Trinajstić information content (AvgIpc) is 3.00. The maximum absolute atomic E-state index is 13.3. The molecule has 1 N–H and O–H groups in total. The van der Waals surface area contributed by atoms with Crippen molar-refractivity contribution < 1.29 is 13.5 Å². The molecule has 1 fully saturated rings. The van der Waals surface area contributed by atoms with Crippen molar-refractivity contribution in [3.05, 3.63) is 18.2 Å². The quantitative estimate of drug-likeness (QED) is 0.619. The number of aryl methyl sites for hydroxylation is 1. The Balaban J connectivity index is 1.65. The van der Waals surface area contributed by atoms with Gasteiger partial charge in [-0.3, -0.25) is 4.68 Å². The van der Waals surface area contributed by atoms with E-state index >= 15 is 0 Å². The van der Waals surface area contributed by atoms with E-state index in [4.69, 9.17) is 4.74 Å². The van der Waals surface area contributed by atoms with Crippen LogP contribution in [0.3, 0.4) is 0 Å². The lowest BCUT2D eigenvalue weighted by Crippen LogP contribution is -2.32. The number of halogens is 2. The van der Waals surface area contributed by atoms with Crippen molar-refractivity contribution in [3.8, 4) is 5.88 Å². The van der Waals surface area contributed by atoms with E-state index in [0.29, 0.717) is 35.5 Å². The fourth-order valence-electron chi connectivity index (χ4n) is 2.63. The molecule has 7 nitrogen and oxygen atoms in total. The van der Waals surface area contributed by atoms with Crippen molar-refractivity contribution in [1.29, 1.82) is 0 Å². The van der Waals surface area contributed by atoms with Gasteiger partial charge in [0.15, 0.2) is 17.6 Å². The molecular weight excluding hydrogens is 350 g/mol. The molecule has 10 heteroatoms. The minimum absolute atomic E-state index is 0.0189.